The number of hydrogen-bond acceptors (Lipinski definition) is 3. The molecule has 1 unspecified atom stereocenters. The molecule has 76 valence electrons. The van der Waals surface area contributed by atoms with E-state index in [4.69, 9.17) is 0 Å². The number of sulfone groups is 1. The standard InChI is InChI=1S/C9H17NO2S/c11-13(12)7-1-2-9(13)8-3-5-10-6-4-8/h8-10H,1-7H2. The molecule has 2 fully saturated rings. The molecule has 1 N–H and O–H groups in total. The summed E-state index contributed by atoms with van der Waals surface area (Å²) in [6.07, 6.45) is 3.89. The zero-order chi connectivity index (χ0) is 9.31. The van der Waals surface area contributed by atoms with E-state index in [1.54, 1.807) is 0 Å². The summed E-state index contributed by atoms with van der Waals surface area (Å²) in [5.41, 5.74) is 0. The fraction of sp³-hybridized carbons (Fsp3) is 1.00. The minimum atomic E-state index is -2.71. The minimum absolute atomic E-state index is 0.00500. The lowest BCUT2D eigenvalue weighted by atomic mass is 9.92. The lowest BCUT2D eigenvalue weighted by Gasteiger charge is -2.27. The van der Waals surface area contributed by atoms with Crippen LogP contribution in [0, 0.1) is 5.92 Å². The largest absolute Gasteiger partial charge is 0.317 e. The van der Waals surface area contributed by atoms with Gasteiger partial charge in [-0.1, -0.05) is 0 Å². The second kappa shape index (κ2) is 3.58. The Morgan fingerprint density at radius 2 is 1.77 bits per heavy atom. The second-order valence-corrected chi connectivity index (χ2v) is 6.47. The van der Waals surface area contributed by atoms with Crippen molar-refractivity contribution in [2.24, 2.45) is 5.92 Å². The Morgan fingerprint density at radius 3 is 2.31 bits per heavy atom. The molecular weight excluding hydrogens is 186 g/mol. The summed E-state index contributed by atoms with van der Waals surface area (Å²) >= 11 is 0. The molecule has 0 aromatic rings. The molecule has 0 aliphatic carbocycles. The van der Waals surface area contributed by atoms with Crippen LogP contribution in [-0.4, -0.2) is 32.5 Å². The van der Waals surface area contributed by atoms with Crippen LogP contribution in [0.3, 0.4) is 0 Å². The lowest BCUT2D eigenvalue weighted by Crippen LogP contribution is -2.36. The van der Waals surface area contributed by atoms with Gasteiger partial charge in [0.25, 0.3) is 0 Å². The highest BCUT2D eigenvalue weighted by Gasteiger charge is 2.37. The molecule has 2 saturated heterocycles. The van der Waals surface area contributed by atoms with Gasteiger partial charge in [-0.3, -0.25) is 0 Å². The van der Waals surface area contributed by atoms with Crippen molar-refractivity contribution in [3.05, 3.63) is 0 Å². The molecule has 0 amide bonds. The Bertz CT molecular complexity index is 267. The van der Waals surface area contributed by atoms with Crippen molar-refractivity contribution in [3.8, 4) is 0 Å². The van der Waals surface area contributed by atoms with Gasteiger partial charge in [-0.25, -0.2) is 8.42 Å². The Kier molecular flexibility index (Phi) is 2.60. The Labute approximate surface area is 79.8 Å². The van der Waals surface area contributed by atoms with Gasteiger partial charge < -0.3 is 5.32 Å². The molecule has 0 saturated carbocycles. The van der Waals surface area contributed by atoms with Gasteiger partial charge in [-0.05, 0) is 44.7 Å². The zero-order valence-corrected chi connectivity index (χ0v) is 8.65. The van der Waals surface area contributed by atoms with Crippen LogP contribution in [0.4, 0.5) is 0 Å². The second-order valence-electron chi connectivity index (χ2n) is 4.14. The van der Waals surface area contributed by atoms with E-state index in [-0.39, 0.29) is 5.25 Å². The first-order chi connectivity index (χ1) is 6.20. The normalized spacial score (nSPS) is 34.9. The van der Waals surface area contributed by atoms with Crippen molar-refractivity contribution >= 4 is 9.84 Å². The molecule has 0 aromatic heterocycles. The van der Waals surface area contributed by atoms with Crippen molar-refractivity contribution in [3.63, 3.8) is 0 Å². The van der Waals surface area contributed by atoms with E-state index in [2.05, 4.69) is 5.32 Å². The van der Waals surface area contributed by atoms with Crippen LogP contribution in [0.2, 0.25) is 0 Å². The van der Waals surface area contributed by atoms with E-state index in [1.807, 2.05) is 0 Å². The average Bonchev–Trinajstić information content (AvgIpc) is 2.47. The molecule has 4 heteroatoms. The Morgan fingerprint density at radius 1 is 1.08 bits per heavy atom. The van der Waals surface area contributed by atoms with Crippen LogP contribution in [-0.2, 0) is 9.84 Å². The van der Waals surface area contributed by atoms with Crippen LogP contribution in [0.15, 0.2) is 0 Å². The third kappa shape index (κ3) is 1.89. The minimum Gasteiger partial charge on any atom is -0.317 e. The van der Waals surface area contributed by atoms with Gasteiger partial charge >= 0.3 is 0 Å². The number of nitrogens with one attached hydrogen (secondary N) is 1. The molecule has 2 aliphatic heterocycles. The summed E-state index contributed by atoms with van der Waals surface area (Å²) < 4.78 is 23.3. The molecule has 0 aromatic carbocycles. The van der Waals surface area contributed by atoms with Crippen LogP contribution < -0.4 is 5.32 Å². The van der Waals surface area contributed by atoms with Crippen LogP contribution in [0.25, 0.3) is 0 Å². The van der Waals surface area contributed by atoms with E-state index in [9.17, 15) is 8.42 Å². The predicted octanol–water partition coefficient (Wildman–Crippen LogP) is 0.563. The fourth-order valence-corrected chi connectivity index (χ4v) is 4.82. The highest BCUT2D eigenvalue weighted by molar-refractivity contribution is 7.92. The maximum absolute atomic E-state index is 11.6. The van der Waals surface area contributed by atoms with Gasteiger partial charge in [0, 0.05) is 0 Å². The molecule has 0 bridgehead atoms. The van der Waals surface area contributed by atoms with Crippen LogP contribution in [0.5, 0.6) is 0 Å². The lowest BCUT2D eigenvalue weighted by molar-refractivity contribution is 0.353. The Balaban J connectivity index is 2.07. The topological polar surface area (TPSA) is 46.2 Å². The first-order valence-corrected chi connectivity index (χ1v) is 6.84. The van der Waals surface area contributed by atoms with E-state index < -0.39 is 9.84 Å². The van der Waals surface area contributed by atoms with E-state index in [0.717, 1.165) is 38.8 Å². The summed E-state index contributed by atoms with van der Waals surface area (Å²) in [5, 5.41) is 3.27. The van der Waals surface area contributed by atoms with Gasteiger partial charge in [-0.15, -0.1) is 0 Å². The van der Waals surface area contributed by atoms with Crippen molar-refractivity contribution in [2.45, 2.75) is 30.9 Å². The van der Waals surface area contributed by atoms with Crippen LogP contribution >= 0.6 is 0 Å². The van der Waals surface area contributed by atoms with Crippen molar-refractivity contribution in [1.29, 1.82) is 0 Å². The molecule has 2 rings (SSSR count). The Hall–Kier alpha value is -0.0900. The summed E-state index contributed by atoms with van der Waals surface area (Å²) in [6, 6.07) is 0. The fourth-order valence-electron chi connectivity index (χ4n) is 2.56. The number of piperidine rings is 1. The molecule has 1 atom stereocenters. The van der Waals surface area contributed by atoms with E-state index in [0.29, 0.717) is 11.7 Å². The predicted molar refractivity (Wildman–Crippen MR) is 52.4 cm³/mol. The maximum Gasteiger partial charge on any atom is 0.153 e. The molecule has 13 heavy (non-hydrogen) atoms. The number of rotatable bonds is 1. The summed E-state index contributed by atoms with van der Waals surface area (Å²) in [5.74, 6) is 0.871. The molecule has 0 radical (unpaired) electrons. The highest BCUT2D eigenvalue weighted by atomic mass is 32.2. The van der Waals surface area contributed by atoms with Crippen molar-refractivity contribution < 1.29 is 8.42 Å². The molecule has 3 nitrogen and oxygen atoms in total. The van der Waals surface area contributed by atoms with Gasteiger partial charge in [0.1, 0.15) is 0 Å². The molecule has 0 spiro atoms. The third-order valence-corrected chi connectivity index (χ3v) is 5.69. The van der Waals surface area contributed by atoms with Gasteiger partial charge in [0.2, 0.25) is 0 Å². The van der Waals surface area contributed by atoms with Crippen LogP contribution in [0.1, 0.15) is 25.7 Å². The van der Waals surface area contributed by atoms with Gasteiger partial charge in [0.15, 0.2) is 9.84 Å². The molecule has 2 heterocycles. The summed E-state index contributed by atoms with van der Waals surface area (Å²) in [6.45, 7) is 1.99. The number of hydrogen-bond donors (Lipinski definition) is 1. The molecule has 2 aliphatic rings. The summed E-state index contributed by atoms with van der Waals surface area (Å²) in [4.78, 5) is 0. The first-order valence-electron chi connectivity index (χ1n) is 5.12. The average molecular weight is 203 g/mol. The van der Waals surface area contributed by atoms with Gasteiger partial charge in [0.05, 0.1) is 11.0 Å². The maximum atomic E-state index is 11.6. The summed E-state index contributed by atoms with van der Waals surface area (Å²) in [7, 11) is -2.71. The zero-order valence-electron chi connectivity index (χ0n) is 7.83. The molecular formula is C9H17NO2S. The highest BCUT2D eigenvalue weighted by Crippen LogP contribution is 2.31. The third-order valence-electron chi connectivity index (χ3n) is 3.29. The van der Waals surface area contributed by atoms with Gasteiger partial charge in [-0.2, -0.15) is 0 Å². The SMILES string of the molecule is O=S1(=O)CCCC1C1CCNCC1. The van der Waals surface area contributed by atoms with Crippen molar-refractivity contribution in [2.75, 3.05) is 18.8 Å². The van der Waals surface area contributed by atoms with E-state index >= 15 is 0 Å². The van der Waals surface area contributed by atoms with Crippen molar-refractivity contribution in [1.82, 2.24) is 5.32 Å². The van der Waals surface area contributed by atoms with E-state index in [1.165, 1.54) is 0 Å². The quantitative estimate of drug-likeness (QED) is 0.677. The first kappa shape index (κ1) is 9.46. The smallest absolute Gasteiger partial charge is 0.153 e. The monoisotopic (exact) mass is 203 g/mol.